The number of hydrogen-bond acceptors (Lipinski definition) is 3. The Labute approximate surface area is 125 Å². The van der Waals surface area contributed by atoms with Crippen LogP contribution >= 0.6 is 0 Å². The molecule has 0 saturated carbocycles. The third-order valence-electron chi connectivity index (χ3n) is 4.23. The van der Waals surface area contributed by atoms with Crippen molar-refractivity contribution in [2.75, 3.05) is 13.2 Å². The first kappa shape index (κ1) is 14.2. The fourth-order valence-corrected chi connectivity index (χ4v) is 3.33. The summed E-state index contributed by atoms with van der Waals surface area (Å²) in [4.78, 5) is 11.9. The van der Waals surface area contributed by atoms with E-state index >= 15 is 0 Å². The first-order valence-corrected chi connectivity index (χ1v) is 7.95. The number of hydrogen-bond donors (Lipinski definition) is 0. The smallest absolute Gasteiger partial charge is 0.331 e. The molecule has 0 fully saturated rings. The van der Waals surface area contributed by atoms with Gasteiger partial charge in [0.15, 0.2) is 0 Å². The molecule has 0 N–H and O–H groups in total. The zero-order valence-electron chi connectivity index (χ0n) is 12.6. The van der Waals surface area contributed by atoms with Crippen molar-refractivity contribution in [1.29, 1.82) is 0 Å². The SMILES string of the molecule is CCOC(=O)/C=C1\CCCCc2ccc3c(c21)CCCO3. The Morgan fingerprint density at radius 3 is 2.95 bits per heavy atom. The molecule has 112 valence electrons. The van der Waals surface area contributed by atoms with Crippen LogP contribution in [0.1, 0.15) is 49.3 Å². The van der Waals surface area contributed by atoms with Gasteiger partial charge in [-0.05, 0) is 68.2 Å². The molecule has 1 aliphatic heterocycles. The highest BCUT2D eigenvalue weighted by atomic mass is 16.5. The molecule has 0 radical (unpaired) electrons. The third-order valence-corrected chi connectivity index (χ3v) is 4.23. The Morgan fingerprint density at radius 2 is 2.10 bits per heavy atom. The minimum Gasteiger partial charge on any atom is -0.493 e. The fourth-order valence-electron chi connectivity index (χ4n) is 3.33. The van der Waals surface area contributed by atoms with Crippen LogP contribution in [-0.4, -0.2) is 19.2 Å². The number of fused-ring (bicyclic) bond motifs is 3. The largest absolute Gasteiger partial charge is 0.493 e. The second-order valence-electron chi connectivity index (χ2n) is 5.66. The number of carbonyl (C=O) groups excluding carboxylic acids is 1. The summed E-state index contributed by atoms with van der Waals surface area (Å²) in [6.45, 7) is 3.06. The number of rotatable bonds is 2. The molecule has 0 amide bonds. The van der Waals surface area contributed by atoms with E-state index in [9.17, 15) is 4.79 Å². The first-order chi connectivity index (χ1) is 10.3. The maximum atomic E-state index is 11.9. The van der Waals surface area contributed by atoms with E-state index in [2.05, 4.69) is 12.1 Å². The number of esters is 1. The lowest BCUT2D eigenvalue weighted by Crippen LogP contribution is -2.12. The number of ether oxygens (including phenoxy) is 2. The predicted octanol–water partition coefficient (Wildman–Crippen LogP) is 3.68. The van der Waals surface area contributed by atoms with Gasteiger partial charge in [0, 0.05) is 11.6 Å². The Balaban J connectivity index is 2.07. The Morgan fingerprint density at radius 1 is 1.24 bits per heavy atom. The second-order valence-corrected chi connectivity index (χ2v) is 5.66. The number of allylic oxidation sites excluding steroid dienone is 1. The van der Waals surface area contributed by atoms with Crippen molar-refractivity contribution in [3.8, 4) is 5.75 Å². The average Bonchev–Trinajstić information content (AvgIpc) is 2.70. The quantitative estimate of drug-likeness (QED) is 0.472. The van der Waals surface area contributed by atoms with Gasteiger partial charge in [0.2, 0.25) is 0 Å². The summed E-state index contributed by atoms with van der Waals surface area (Å²) in [6, 6.07) is 4.27. The first-order valence-electron chi connectivity index (χ1n) is 7.95. The van der Waals surface area contributed by atoms with Crippen LogP contribution < -0.4 is 4.74 Å². The topological polar surface area (TPSA) is 35.5 Å². The Kier molecular flexibility index (Phi) is 4.28. The van der Waals surface area contributed by atoms with E-state index < -0.39 is 0 Å². The van der Waals surface area contributed by atoms with E-state index in [1.54, 1.807) is 6.08 Å². The molecule has 0 atom stereocenters. The monoisotopic (exact) mass is 286 g/mol. The summed E-state index contributed by atoms with van der Waals surface area (Å²) in [6.07, 6.45) is 8.12. The van der Waals surface area contributed by atoms with Crippen molar-refractivity contribution in [2.45, 2.75) is 45.4 Å². The van der Waals surface area contributed by atoms with Crippen LogP contribution in [0.4, 0.5) is 0 Å². The van der Waals surface area contributed by atoms with Crippen molar-refractivity contribution in [1.82, 2.24) is 0 Å². The highest BCUT2D eigenvalue weighted by molar-refractivity contribution is 5.92. The molecule has 1 aromatic carbocycles. The lowest BCUT2D eigenvalue weighted by atomic mass is 9.89. The molecule has 0 saturated heterocycles. The van der Waals surface area contributed by atoms with Crippen LogP contribution in [0.5, 0.6) is 5.75 Å². The number of aryl methyl sites for hydroxylation is 1. The van der Waals surface area contributed by atoms with Gasteiger partial charge in [-0.1, -0.05) is 6.07 Å². The Hall–Kier alpha value is -1.77. The highest BCUT2D eigenvalue weighted by Gasteiger charge is 2.22. The molecule has 0 aromatic heterocycles. The van der Waals surface area contributed by atoms with E-state index in [4.69, 9.17) is 9.47 Å². The van der Waals surface area contributed by atoms with Gasteiger partial charge in [0.1, 0.15) is 5.75 Å². The van der Waals surface area contributed by atoms with Crippen molar-refractivity contribution in [3.05, 3.63) is 34.9 Å². The molecular formula is C18H22O3. The van der Waals surface area contributed by atoms with Crippen LogP contribution in [-0.2, 0) is 22.4 Å². The Bertz CT molecular complexity index is 572. The molecule has 1 aliphatic carbocycles. The van der Waals surface area contributed by atoms with Crippen LogP contribution in [0.2, 0.25) is 0 Å². The van der Waals surface area contributed by atoms with Crippen molar-refractivity contribution in [2.24, 2.45) is 0 Å². The fraction of sp³-hybridized carbons (Fsp3) is 0.500. The van der Waals surface area contributed by atoms with Crippen LogP contribution in [0.3, 0.4) is 0 Å². The summed E-state index contributed by atoms with van der Waals surface area (Å²) >= 11 is 0. The number of carbonyl (C=O) groups is 1. The molecule has 2 aliphatic rings. The summed E-state index contributed by atoms with van der Waals surface area (Å²) in [5.41, 5.74) is 5.03. The van der Waals surface area contributed by atoms with Gasteiger partial charge in [0.25, 0.3) is 0 Å². The van der Waals surface area contributed by atoms with E-state index in [1.807, 2.05) is 6.92 Å². The maximum Gasteiger partial charge on any atom is 0.331 e. The zero-order valence-corrected chi connectivity index (χ0v) is 12.6. The predicted molar refractivity (Wildman–Crippen MR) is 82.4 cm³/mol. The van der Waals surface area contributed by atoms with Crippen molar-refractivity contribution < 1.29 is 14.3 Å². The van der Waals surface area contributed by atoms with Gasteiger partial charge in [0.05, 0.1) is 13.2 Å². The molecule has 0 spiro atoms. The summed E-state index contributed by atoms with van der Waals surface area (Å²) < 4.78 is 10.9. The molecule has 21 heavy (non-hydrogen) atoms. The summed E-state index contributed by atoms with van der Waals surface area (Å²) in [5.74, 6) is 0.770. The molecule has 3 rings (SSSR count). The number of benzene rings is 1. The van der Waals surface area contributed by atoms with E-state index in [-0.39, 0.29) is 5.97 Å². The van der Waals surface area contributed by atoms with Gasteiger partial charge < -0.3 is 9.47 Å². The molecule has 3 nitrogen and oxygen atoms in total. The van der Waals surface area contributed by atoms with Gasteiger partial charge in [-0.15, -0.1) is 0 Å². The summed E-state index contributed by atoms with van der Waals surface area (Å²) in [7, 11) is 0. The second kappa shape index (κ2) is 6.33. The minimum absolute atomic E-state index is 0.227. The lowest BCUT2D eigenvalue weighted by Gasteiger charge is -2.23. The standard InChI is InChI=1S/C18H22O3/c1-2-20-17(19)12-14-7-4-3-6-13-9-10-16-15(18(13)14)8-5-11-21-16/h9-10,12H,2-8,11H2,1H3/b14-12+. The zero-order chi connectivity index (χ0) is 14.7. The normalized spacial score (nSPS) is 19.2. The molecule has 0 bridgehead atoms. The van der Waals surface area contributed by atoms with E-state index in [0.29, 0.717) is 6.61 Å². The van der Waals surface area contributed by atoms with Gasteiger partial charge >= 0.3 is 5.97 Å². The van der Waals surface area contributed by atoms with Gasteiger partial charge in [-0.25, -0.2) is 4.79 Å². The molecule has 1 aromatic rings. The highest BCUT2D eigenvalue weighted by Crippen LogP contribution is 2.38. The third kappa shape index (κ3) is 2.97. The van der Waals surface area contributed by atoms with E-state index in [1.165, 1.54) is 23.1 Å². The molecular weight excluding hydrogens is 264 g/mol. The van der Waals surface area contributed by atoms with Gasteiger partial charge in [-0.2, -0.15) is 0 Å². The summed E-state index contributed by atoms with van der Waals surface area (Å²) in [5, 5.41) is 0. The molecule has 3 heteroatoms. The maximum absolute atomic E-state index is 11.9. The minimum atomic E-state index is -0.227. The van der Waals surface area contributed by atoms with Crippen molar-refractivity contribution in [3.63, 3.8) is 0 Å². The van der Waals surface area contributed by atoms with Crippen LogP contribution in [0, 0.1) is 0 Å². The average molecular weight is 286 g/mol. The van der Waals surface area contributed by atoms with Crippen molar-refractivity contribution >= 4 is 11.5 Å². The van der Waals surface area contributed by atoms with E-state index in [0.717, 1.165) is 50.0 Å². The molecule has 0 unspecified atom stereocenters. The molecule has 1 heterocycles. The van der Waals surface area contributed by atoms with Crippen LogP contribution in [0.25, 0.3) is 5.57 Å². The van der Waals surface area contributed by atoms with Gasteiger partial charge in [-0.3, -0.25) is 0 Å². The van der Waals surface area contributed by atoms with Crippen LogP contribution in [0.15, 0.2) is 18.2 Å². The lowest BCUT2D eigenvalue weighted by molar-refractivity contribution is -0.137.